The van der Waals surface area contributed by atoms with Crippen molar-refractivity contribution in [3.05, 3.63) is 64.7 Å². The molecule has 35 heavy (non-hydrogen) atoms. The minimum absolute atomic E-state index is 0.276. The highest BCUT2D eigenvalue weighted by molar-refractivity contribution is 5.71. The molecule has 1 aliphatic rings. The number of anilines is 1. The van der Waals surface area contributed by atoms with Gasteiger partial charge in [-0.05, 0) is 52.9 Å². The fourth-order valence-electron chi connectivity index (χ4n) is 4.86. The van der Waals surface area contributed by atoms with Crippen molar-refractivity contribution in [1.29, 1.82) is 0 Å². The number of aromatic nitrogens is 4. The Morgan fingerprint density at radius 1 is 1.09 bits per heavy atom. The summed E-state index contributed by atoms with van der Waals surface area (Å²) in [4.78, 5) is 30.4. The van der Waals surface area contributed by atoms with Crippen LogP contribution in [0.2, 0.25) is 0 Å². The van der Waals surface area contributed by atoms with Crippen molar-refractivity contribution in [2.45, 2.75) is 32.7 Å². The molecule has 1 aliphatic heterocycles. The molecule has 0 saturated carbocycles. The van der Waals surface area contributed by atoms with Crippen LogP contribution in [0.15, 0.2) is 53.3 Å². The van der Waals surface area contributed by atoms with Crippen LogP contribution < -0.4 is 15.3 Å². The van der Waals surface area contributed by atoms with Crippen molar-refractivity contribution in [2.24, 2.45) is 0 Å². The number of nitrogens with zero attached hydrogens (tertiary/aromatic N) is 5. The van der Waals surface area contributed by atoms with Crippen LogP contribution in [0, 0.1) is 6.92 Å². The third-order valence-corrected chi connectivity index (χ3v) is 6.78. The number of hydrogen-bond donors (Lipinski definition) is 1. The van der Waals surface area contributed by atoms with Gasteiger partial charge in [0.05, 0.1) is 17.9 Å². The van der Waals surface area contributed by atoms with Crippen LogP contribution in [0.3, 0.4) is 0 Å². The molecule has 0 spiro atoms. The Morgan fingerprint density at radius 2 is 1.83 bits per heavy atom. The van der Waals surface area contributed by atoms with E-state index in [-0.39, 0.29) is 5.69 Å². The van der Waals surface area contributed by atoms with Crippen molar-refractivity contribution in [3.63, 3.8) is 0 Å². The summed E-state index contributed by atoms with van der Waals surface area (Å²) in [6.07, 6.45) is 2.27. The molecule has 2 aromatic heterocycles. The van der Waals surface area contributed by atoms with Gasteiger partial charge in [0.25, 0.3) is 0 Å². The van der Waals surface area contributed by atoms with Gasteiger partial charge in [0.2, 0.25) is 0 Å². The van der Waals surface area contributed by atoms with E-state index in [1.807, 2.05) is 50.2 Å². The van der Waals surface area contributed by atoms with Crippen LogP contribution in [0.4, 0.5) is 5.69 Å². The van der Waals surface area contributed by atoms with Crippen molar-refractivity contribution < 1.29 is 4.74 Å². The third-order valence-electron chi connectivity index (χ3n) is 6.78. The maximum absolute atomic E-state index is 13.2. The van der Waals surface area contributed by atoms with Crippen molar-refractivity contribution in [1.82, 2.24) is 24.3 Å². The van der Waals surface area contributed by atoms with Gasteiger partial charge in [-0.3, -0.25) is 4.98 Å². The summed E-state index contributed by atoms with van der Waals surface area (Å²) in [5, 5.41) is 0. The first kappa shape index (κ1) is 23.1. The molecule has 182 valence electrons. The second-order valence-corrected chi connectivity index (χ2v) is 9.23. The number of hydrogen-bond acceptors (Lipinski definition) is 6. The Kier molecular flexibility index (Phi) is 6.30. The van der Waals surface area contributed by atoms with Gasteiger partial charge in [0, 0.05) is 36.4 Å². The highest BCUT2D eigenvalue weighted by atomic mass is 16.5. The molecular weight excluding hydrogens is 440 g/mol. The Balaban J connectivity index is 1.53. The largest absolute Gasteiger partial charge is 0.493 e. The lowest BCUT2D eigenvalue weighted by Gasteiger charge is -2.36. The molecule has 0 atom stereocenters. The van der Waals surface area contributed by atoms with E-state index in [2.05, 4.69) is 46.0 Å². The fraction of sp³-hybridized carbons (Fsp3) is 0.370. The zero-order valence-electron chi connectivity index (χ0n) is 20.8. The summed E-state index contributed by atoms with van der Waals surface area (Å²) in [5.74, 6) is 1.78. The maximum Gasteiger partial charge on any atom is 0.334 e. The summed E-state index contributed by atoms with van der Waals surface area (Å²) in [6, 6.07) is 16.5. The van der Waals surface area contributed by atoms with Gasteiger partial charge >= 0.3 is 5.69 Å². The standard InChI is InChI=1S/C27H32N6O2/c1-5-35-23-17-21(32-15-13-20(14-16-32)31(3)4)11-12-22(23)24-29-25-18(2)28-26(33(25)27(34)30-24)19-9-7-6-8-10-19/h6-12,17,20H,5,13-16H2,1-4H3,(H,29,30,34). The second kappa shape index (κ2) is 9.54. The lowest BCUT2D eigenvalue weighted by molar-refractivity contribution is 0.249. The van der Waals surface area contributed by atoms with Gasteiger partial charge in [-0.25, -0.2) is 19.2 Å². The Labute approximate surface area is 205 Å². The predicted molar refractivity (Wildman–Crippen MR) is 139 cm³/mol. The number of aryl methyl sites for hydroxylation is 1. The summed E-state index contributed by atoms with van der Waals surface area (Å²) >= 11 is 0. The van der Waals surface area contributed by atoms with Gasteiger partial charge in [0.15, 0.2) is 5.65 Å². The minimum atomic E-state index is -0.276. The van der Waals surface area contributed by atoms with E-state index in [9.17, 15) is 4.79 Å². The molecular formula is C27H32N6O2. The zero-order valence-corrected chi connectivity index (χ0v) is 20.8. The molecule has 4 aromatic rings. The molecule has 3 heterocycles. The van der Waals surface area contributed by atoms with E-state index in [0.717, 1.165) is 42.7 Å². The number of ether oxygens (including phenoxy) is 1. The normalized spacial score (nSPS) is 14.7. The number of H-pyrrole nitrogens is 1. The molecule has 2 aromatic carbocycles. The summed E-state index contributed by atoms with van der Waals surface area (Å²) < 4.78 is 7.56. The van der Waals surface area contributed by atoms with Crippen molar-refractivity contribution in [3.8, 4) is 28.5 Å². The summed E-state index contributed by atoms with van der Waals surface area (Å²) in [7, 11) is 4.30. The molecule has 1 fully saturated rings. The van der Waals surface area contributed by atoms with E-state index in [4.69, 9.17) is 9.72 Å². The first-order valence-electron chi connectivity index (χ1n) is 12.2. The quantitative estimate of drug-likeness (QED) is 0.457. The molecule has 5 rings (SSSR count). The number of fused-ring (bicyclic) bond motifs is 1. The smallest absolute Gasteiger partial charge is 0.334 e. The molecule has 0 amide bonds. The minimum Gasteiger partial charge on any atom is -0.493 e. The SMILES string of the molecule is CCOc1cc(N2CCC(N(C)C)CC2)ccc1-c1nc2c(C)nc(-c3ccccc3)n2c(=O)[nH]1. The van der Waals surface area contributed by atoms with Crippen molar-refractivity contribution >= 4 is 11.3 Å². The average Bonchev–Trinajstić information content (AvgIpc) is 3.21. The van der Waals surface area contributed by atoms with E-state index in [0.29, 0.717) is 41.4 Å². The van der Waals surface area contributed by atoms with E-state index in [1.165, 1.54) is 4.40 Å². The third kappa shape index (κ3) is 4.41. The summed E-state index contributed by atoms with van der Waals surface area (Å²) in [6.45, 7) is 6.38. The molecule has 0 radical (unpaired) electrons. The average molecular weight is 473 g/mol. The van der Waals surface area contributed by atoms with Crippen LogP contribution in [0.25, 0.3) is 28.4 Å². The van der Waals surface area contributed by atoms with Gasteiger partial charge in [-0.15, -0.1) is 0 Å². The number of imidazole rings is 1. The van der Waals surface area contributed by atoms with Gasteiger partial charge in [-0.1, -0.05) is 30.3 Å². The predicted octanol–water partition coefficient (Wildman–Crippen LogP) is 3.99. The van der Waals surface area contributed by atoms with Crippen molar-refractivity contribution in [2.75, 3.05) is 38.7 Å². The first-order valence-corrected chi connectivity index (χ1v) is 12.2. The lowest BCUT2D eigenvalue weighted by Crippen LogP contribution is -2.41. The van der Waals surface area contributed by atoms with Crippen LogP contribution in [0.5, 0.6) is 5.75 Å². The molecule has 8 heteroatoms. The van der Waals surface area contributed by atoms with E-state index >= 15 is 0 Å². The molecule has 1 N–H and O–H groups in total. The topological polar surface area (TPSA) is 78.8 Å². The lowest BCUT2D eigenvalue weighted by atomic mass is 10.0. The van der Waals surface area contributed by atoms with E-state index in [1.54, 1.807) is 0 Å². The van der Waals surface area contributed by atoms with Crippen LogP contribution >= 0.6 is 0 Å². The number of nitrogens with one attached hydrogen (secondary N) is 1. The number of benzene rings is 2. The monoisotopic (exact) mass is 472 g/mol. The Hall–Kier alpha value is -3.65. The Morgan fingerprint density at radius 3 is 2.51 bits per heavy atom. The number of rotatable bonds is 6. The van der Waals surface area contributed by atoms with Crippen LogP contribution in [0.1, 0.15) is 25.5 Å². The van der Waals surface area contributed by atoms with E-state index < -0.39 is 0 Å². The van der Waals surface area contributed by atoms with Gasteiger partial charge < -0.3 is 14.5 Å². The first-order chi connectivity index (χ1) is 17.0. The molecule has 0 aliphatic carbocycles. The molecule has 8 nitrogen and oxygen atoms in total. The summed E-state index contributed by atoms with van der Waals surface area (Å²) in [5.41, 5.74) is 3.73. The number of piperidine rings is 1. The second-order valence-electron chi connectivity index (χ2n) is 9.23. The maximum atomic E-state index is 13.2. The highest BCUT2D eigenvalue weighted by Crippen LogP contribution is 2.34. The fourth-order valence-corrected chi connectivity index (χ4v) is 4.86. The molecule has 0 unspecified atom stereocenters. The molecule has 0 bridgehead atoms. The Bertz CT molecular complexity index is 1380. The van der Waals surface area contributed by atoms with Gasteiger partial charge in [-0.2, -0.15) is 0 Å². The van der Waals surface area contributed by atoms with Gasteiger partial charge in [0.1, 0.15) is 17.4 Å². The van der Waals surface area contributed by atoms with Crippen LogP contribution in [-0.2, 0) is 0 Å². The zero-order chi connectivity index (χ0) is 24.5. The highest BCUT2D eigenvalue weighted by Gasteiger charge is 2.23. The molecule has 1 saturated heterocycles. The van der Waals surface area contributed by atoms with Crippen LogP contribution in [-0.4, -0.2) is 64.1 Å². The number of aromatic amines is 1.